The van der Waals surface area contributed by atoms with Crippen molar-refractivity contribution in [2.24, 2.45) is 5.92 Å². The van der Waals surface area contributed by atoms with Crippen LogP contribution in [0, 0.1) is 5.92 Å². The van der Waals surface area contributed by atoms with E-state index in [0.717, 1.165) is 5.56 Å². The van der Waals surface area contributed by atoms with Gasteiger partial charge in [-0.15, -0.1) is 0 Å². The largest absolute Gasteiger partial charge is 0.405 e. The minimum absolute atomic E-state index is 0.0312. The summed E-state index contributed by atoms with van der Waals surface area (Å²) < 4.78 is 36.8. The van der Waals surface area contributed by atoms with E-state index in [1.807, 2.05) is 18.2 Å². The van der Waals surface area contributed by atoms with Crippen molar-refractivity contribution in [1.29, 1.82) is 0 Å². The second-order valence-electron chi connectivity index (χ2n) is 7.32. The summed E-state index contributed by atoms with van der Waals surface area (Å²) in [4.78, 5) is 37.0. The van der Waals surface area contributed by atoms with Crippen molar-refractivity contribution in [2.75, 3.05) is 11.9 Å². The average molecular weight is 435 g/mol. The van der Waals surface area contributed by atoms with Crippen LogP contribution in [0.5, 0.6) is 0 Å². The van der Waals surface area contributed by atoms with E-state index in [4.69, 9.17) is 0 Å². The highest BCUT2D eigenvalue weighted by Crippen LogP contribution is 2.15. The summed E-state index contributed by atoms with van der Waals surface area (Å²) >= 11 is 0. The molecule has 0 bridgehead atoms. The Morgan fingerprint density at radius 1 is 0.968 bits per heavy atom. The van der Waals surface area contributed by atoms with Gasteiger partial charge in [-0.25, -0.2) is 0 Å². The quantitative estimate of drug-likeness (QED) is 0.595. The molecular formula is C22H24F3N3O3. The fourth-order valence-corrected chi connectivity index (χ4v) is 2.78. The molecule has 0 aliphatic rings. The molecule has 31 heavy (non-hydrogen) atoms. The number of anilines is 1. The third-order valence-corrected chi connectivity index (χ3v) is 4.31. The highest BCUT2D eigenvalue weighted by molar-refractivity contribution is 6.00. The van der Waals surface area contributed by atoms with Crippen molar-refractivity contribution in [2.45, 2.75) is 32.5 Å². The first-order valence-corrected chi connectivity index (χ1v) is 9.64. The number of rotatable bonds is 8. The summed E-state index contributed by atoms with van der Waals surface area (Å²) in [5, 5.41) is 7.08. The van der Waals surface area contributed by atoms with Gasteiger partial charge in [0.2, 0.25) is 11.8 Å². The van der Waals surface area contributed by atoms with Gasteiger partial charge in [0.15, 0.2) is 0 Å². The van der Waals surface area contributed by atoms with Crippen LogP contribution in [0.2, 0.25) is 0 Å². The monoisotopic (exact) mass is 435 g/mol. The topological polar surface area (TPSA) is 87.3 Å². The summed E-state index contributed by atoms with van der Waals surface area (Å²) in [5.41, 5.74) is 1.00. The van der Waals surface area contributed by atoms with Gasteiger partial charge in [0, 0.05) is 11.3 Å². The van der Waals surface area contributed by atoms with E-state index in [0.29, 0.717) is 0 Å². The molecule has 0 aliphatic heterocycles. The lowest BCUT2D eigenvalue weighted by Gasteiger charge is -2.22. The van der Waals surface area contributed by atoms with Gasteiger partial charge in [-0.3, -0.25) is 14.4 Å². The Morgan fingerprint density at radius 3 is 2.26 bits per heavy atom. The number of hydrogen-bond acceptors (Lipinski definition) is 3. The number of halogens is 3. The van der Waals surface area contributed by atoms with E-state index < -0.39 is 30.6 Å². The number of nitrogens with one attached hydrogen (secondary N) is 3. The lowest BCUT2D eigenvalue weighted by atomic mass is 10.0. The third-order valence-electron chi connectivity index (χ3n) is 4.31. The highest BCUT2D eigenvalue weighted by atomic mass is 19.4. The van der Waals surface area contributed by atoms with Crippen LogP contribution in [0.15, 0.2) is 54.6 Å². The first-order valence-electron chi connectivity index (χ1n) is 9.64. The molecule has 2 rings (SSSR count). The Kier molecular flexibility index (Phi) is 8.18. The van der Waals surface area contributed by atoms with Crippen molar-refractivity contribution in [1.82, 2.24) is 10.6 Å². The Labute approximate surface area is 178 Å². The Bertz CT molecular complexity index is 915. The van der Waals surface area contributed by atoms with Gasteiger partial charge in [0.25, 0.3) is 5.91 Å². The van der Waals surface area contributed by atoms with E-state index in [2.05, 4.69) is 10.6 Å². The number of alkyl halides is 3. The van der Waals surface area contributed by atoms with Crippen LogP contribution in [-0.2, 0) is 16.0 Å². The molecule has 0 fully saturated rings. The first-order chi connectivity index (χ1) is 14.5. The van der Waals surface area contributed by atoms with Crippen LogP contribution < -0.4 is 16.0 Å². The van der Waals surface area contributed by atoms with Crippen molar-refractivity contribution < 1.29 is 27.6 Å². The lowest BCUT2D eigenvalue weighted by molar-refractivity contribution is -0.127. The van der Waals surface area contributed by atoms with Crippen LogP contribution in [0.25, 0.3) is 0 Å². The first kappa shape index (κ1) is 23.9. The maximum atomic E-state index is 12.7. The van der Waals surface area contributed by atoms with Crippen LogP contribution >= 0.6 is 0 Å². The van der Waals surface area contributed by atoms with E-state index in [9.17, 15) is 27.6 Å². The summed E-state index contributed by atoms with van der Waals surface area (Å²) in [7, 11) is 0. The van der Waals surface area contributed by atoms with Crippen molar-refractivity contribution >= 4 is 23.4 Å². The summed E-state index contributed by atoms with van der Waals surface area (Å²) in [6.45, 7) is 2.09. The summed E-state index contributed by atoms with van der Waals surface area (Å²) in [6, 6.07) is 13.8. The lowest BCUT2D eigenvalue weighted by Crippen LogP contribution is -2.47. The number of carbonyl (C=O) groups excluding carboxylic acids is 3. The third kappa shape index (κ3) is 8.12. The number of carbonyl (C=O) groups is 3. The molecule has 0 saturated heterocycles. The summed E-state index contributed by atoms with van der Waals surface area (Å²) in [5.74, 6) is -1.95. The van der Waals surface area contributed by atoms with E-state index >= 15 is 0 Å². The standard InChI is InChI=1S/C22H24F3N3O3/c1-14(2)19(28-18(29)11-15-7-4-3-5-8-15)21(31)27-17-10-6-9-16(12-17)20(30)26-13-22(23,24)25/h3-10,12,14,19H,11,13H2,1-2H3,(H,26,30)(H,27,31)(H,28,29). The molecule has 166 valence electrons. The molecule has 1 unspecified atom stereocenters. The second-order valence-corrected chi connectivity index (χ2v) is 7.32. The Balaban J connectivity index is 2.02. The van der Waals surface area contributed by atoms with Gasteiger partial charge >= 0.3 is 6.18 Å². The molecule has 0 aromatic heterocycles. The van der Waals surface area contributed by atoms with Crippen LogP contribution in [0.3, 0.4) is 0 Å². The van der Waals surface area contributed by atoms with Crippen molar-refractivity contribution in [3.05, 3.63) is 65.7 Å². The zero-order valence-electron chi connectivity index (χ0n) is 17.1. The zero-order valence-corrected chi connectivity index (χ0v) is 17.1. The maximum Gasteiger partial charge on any atom is 0.405 e. The molecule has 3 N–H and O–H groups in total. The molecule has 6 nitrogen and oxygen atoms in total. The zero-order chi connectivity index (χ0) is 23.0. The SMILES string of the molecule is CC(C)C(NC(=O)Cc1ccccc1)C(=O)Nc1cccc(C(=O)NCC(F)(F)F)c1. The molecule has 9 heteroatoms. The predicted molar refractivity (Wildman–Crippen MR) is 110 cm³/mol. The molecule has 0 saturated carbocycles. The average Bonchev–Trinajstić information content (AvgIpc) is 2.70. The van der Waals surface area contributed by atoms with Gasteiger partial charge < -0.3 is 16.0 Å². The molecule has 3 amide bonds. The van der Waals surface area contributed by atoms with Crippen LogP contribution in [0.1, 0.15) is 29.8 Å². The van der Waals surface area contributed by atoms with E-state index in [1.54, 1.807) is 31.3 Å². The Hall–Kier alpha value is -3.36. The molecule has 1 atom stereocenters. The summed E-state index contributed by atoms with van der Waals surface area (Å²) in [6.07, 6.45) is -4.41. The normalized spacial score (nSPS) is 12.2. The van der Waals surface area contributed by atoms with Crippen LogP contribution in [0.4, 0.5) is 18.9 Å². The van der Waals surface area contributed by atoms with E-state index in [1.165, 1.54) is 24.3 Å². The molecular weight excluding hydrogens is 411 g/mol. The van der Waals surface area contributed by atoms with Crippen molar-refractivity contribution in [3.63, 3.8) is 0 Å². The molecule has 0 heterocycles. The van der Waals surface area contributed by atoms with Gasteiger partial charge in [0.05, 0.1) is 6.42 Å². The fourth-order valence-electron chi connectivity index (χ4n) is 2.78. The van der Waals surface area contributed by atoms with Gasteiger partial charge in [0.1, 0.15) is 12.6 Å². The maximum absolute atomic E-state index is 12.7. The molecule has 0 spiro atoms. The molecule has 2 aromatic rings. The van der Waals surface area contributed by atoms with E-state index in [-0.39, 0.29) is 29.5 Å². The van der Waals surface area contributed by atoms with Crippen molar-refractivity contribution in [3.8, 4) is 0 Å². The number of benzene rings is 2. The minimum Gasteiger partial charge on any atom is -0.344 e. The fraction of sp³-hybridized carbons (Fsp3) is 0.318. The number of amides is 3. The minimum atomic E-state index is -4.52. The van der Waals surface area contributed by atoms with Gasteiger partial charge in [-0.1, -0.05) is 50.2 Å². The number of hydrogen-bond donors (Lipinski definition) is 3. The smallest absolute Gasteiger partial charge is 0.344 e. The molecule has 0 aliphatic carbocycles. The highest BCUT2D eigenvalue weighted by Gasteiger charge is 2.28. The second kappa shape index (κ2) is 10.6. The van der Waals surface area contributed by atoms with Crippen LogP contribution in [-0.4, -0.2) is 36.5 Å². The predicted octanol–water partition coefficient (Wildman–Crippen LogP) is 3.30. The molecule has 0 radical (unpaired) electrons. The van der Waals surface area contributed by atoms with Gasteiger partial charge in [-0.2, -0.15) is 13.2 Å². The van der Waals surface area contributed by atoms with Gasteiger partial charge in [-0.05, 0) is 29.7 Å². The Morgan fingerprint density at radius 2 is 1.65 bits per heavy atom. The molecule has 2 aromatic carbocycles.